The number of carbonyl (C=O) groups is 1. The van der Waals surface area contributed by atoms with Gasteiger partial charge in [0, 0.05) is 58.1 Å². The van der Waals surface area contributed by atoms with Gasteiger partial charge in [0.25, 0.3) is 5.91 Å². The molecule has 9 nitrogen and oxygen atoms in total. The third-order valence-electron chi connectivity index (χ3n) is 10.7. The number of benzene rings is 1. The first-order valence-electron chi connectivity index (χ1n) is 17.3. The van der Waals surface area contributed by atoms with Crippen LogP contribution < -0.4 is 14.4 Å². The van der Waals surface area contributed by atoms with Gasteiger partial charge in [-0.3, -0.25) is 14.7 Å². The van der Waals surface area contributed by atoms with E-state index in [1.54, 1.807) is 6.20 Å². The van der Waals surface area contributed by atoms with Crippen LogP contribution in [0.5, 0.6) is 11.5 Å². The molecule has 9 heteroatoms. The molecule has 2 aromatic heterocycles. The maximum atomic E-state index is 13.4. The summed E-state index contributed by atoms with van der Waals surface area (Å²) in [6, 6.07) is 12.3. The van der Waals surface area contributed by atoms with Gasteiger partial charge in [0.1, 0.15) is 11.5 Å². The summed E-state index contributed by atoms with van der Waals surface area (Å²) in [4.78, 5) is 24.4. The van der Waals surface area contributed by atoms with Crippen molar-refractivity contribution in [1.29, 1.82) is 0 Å². The van der Waals surface area contributed by atoms with E-state index in [0.717, 1.165) is 85.5 Å². The SMILES string of the molecule is CCOc1cncc(-c2cc(CN3CCN(c4ccc(C(=O)N(C)CC56CC7CC(CC(C7)C5)C6)nn4)CC3)cc(OCC)c2)c1. The number of carbonyl (C=O) groups excluding carboxylic acids is 1. The second-order valence-electron chi connectivity index (χ2n) is 14.3. The van der Waals surface area contributed by atoms with E-state index < -0.39 is 0 Å². The topological polar surface area (TPSA) is 83.9 Å². The number of hydrogen-bond donors (Lipinski definition) is 0. The van der Waals surface area contributed by atoms with Crippen LogP contribution in [0.15, 0.2) is 48.8 Å². The molecule has 4 aliphatic carbocycles. The number of amides is 1. The Bertz CT molecular complexity index is 1480. The Balaban J connectivity index is 0.949. The zero-order valence-corrected chi connectivity index (χ0v) is 27.7. The average molecular weight is 625 g/mol. The summed E-state index contributed by atoms with van der Waals surface area (Å²) in [5.41, 5.74) is 4.06. The summed E-state index contributed by atoms with van der Waals surface area (Å²) in [5, 5.41) is 8.93. The van der Waals surface area contributed by atoms with Crippen LogP contribution in [0.25, 0.3) is 11.1 Å². The Morgan fingerprint density at radius 2 is 1.52 bits per heavy atom. The van der Waals surface area contributed by atoms with Gasteiger partial charge < -0.3 is 19.3 Å². The van der Waals surface area contributed by atoms with Gasteiger partial charge in [-0.15, -0.1) is 10.2 Å². The van der Waals surface area contributed by atoms with Gasteiger partial charge in [-0.25, -0.2) is 0 Å². The minimum absolute atomic E-state index is 0.00587. The maximum Gasteiger partial charge on any atom is 0.274 e. The lowest BCUT2D eigenvalue weighted by Gasteiger charge is -2.57. The quantitative estimate of drug-likeness (QED) is 0.259. The minimum atomic E-state index is -0.00587. The number of piperazine rings is 1. The summed E-state index contributed by atoms with van der Waals surface area (Å²) >= 11 is 0. The van der Waals surface area contributed by atoms with Gasteiger partial charge in [-0.05, 0) is 123 Å². The first-order valence-corrected chi connectivity index (χ1v) is 17.3. The standard InChI is InChI=1S/C37H48N6O3/c1-4-45-32-16-29(15-30(17-32)31-18-33(46-5-2)23-38-22-31)24-42-8-10-43(11-9-42)35-7-6-34(39-40-35)36(44)41(3)25-37-19-26-12-27(20-37)14-28(13-26)21-37/h6-7,15-18,22-23,26-28H,4-5,8-14,19-21,24-25H2,1-3H3. The first kappa shape index (κ1) is 30.9. The summed E-state index contributed by atoms with van der Waals surface area (Å²) in [5.74, 6) is 5.11. The lowest BCUT2D eigenvalue weighted by atomic mass is 9.49. The van der Waals surface area contributed by atoms with Crippen molar-refractivity contribution in [2.75, 3.05) is 57.9 Å². The Hall–Kier alpha value is -3.72. The van der Waals surface area contributed by atoms with Crippen molar-refractivity contribution in [3.05, 3.63) is 60.0 Å². The van der Waals surface area contributed by atoms with E-state index in [-0.39, 0.29) is 5.91 Å². The van der Waals surface area contributed by atoms with Crippen molar-refractivity contribution in [2.45, 2.75) is 58.9 Å². The monoisotopic (exact) mass is 624 g/mol. The molecular weight excluding hydrogens is 576 g/mol. The molecule has 8 rings (SSSR count). The van der Waals surface area contributed by atoms with Crippen molar-refractivity contribution in [3.8, 4) is 22.6 Å². The average Bonchev–Trinajstić information content (AvgIpc) is 3.04. The van der Waals surface area contributed by atoms with E-state index in [0.29, 0.717) is 24.3 Å². The zero-order valence-electron chi connectivity index (χ0n) is 27.7. The molecule has 3 aromatic rings. The second-order valence-corrected chi connectivity index (χ2v) is 14.3. The van der Waals surface area contributed by atoms with E-state index in [1.165, 1.54) is 44.1 Å². The number of pyridine rings is 1. The fourth-order valence-electron chi connectivity index (χ4n) is 9.25. The van der Waals surface area contributed by atoms with Crippen LogP contribution in [0.4, 0.5) is 5.82 Å². The van der Waals surface area contributed by atoms with Crippen molar-refractivity contribution in [3.63, 3.8) is 0 Å². The third-order valence-corrected chi connectivity index (χ3v) is 10.7. The molecule has 1 aromatic carbocycles. The Kier molecular flexibility index (Phi) is 8.86. The molecule has 244 valence electrons. The van der Waals surface area contributed by atoms with Gasteiger partial charge >= 0.3 is 0 Å². The molecule has 1 aliphatic heterocycles. The van der Waals surface area contributed by atoms with E-state index in [4.69, 9.17) is 9.47 Å². The van der Waals surface area contributed by atoms with Gasteiger partial charge in [0.2, 0.25) is 0 Å². The van der Waals surface area contributed by atoms with E-state index in [1.807, 2.05) is 50.2 Å². The minimum Gasteiger partial charge on any atom is -0.494 e. The number of anilines is 1. The van der Waals surface area contributed by atoms with Crippen molar-refractivity contribution < 1.29 is 14.3 Å². The van der Waals surface area contributed by atoms with Crippen LogP contribution in [0.3, 0.4) is 0 Å². The summed E-state index contributed by atoms with van der Waals surface area (Å²) in [6.45, 7) is 10.4. The van der Waals surface area contributed by atoms with E-state index >= 15 is 0 Å². The molecule has 5 fully saturated rings. The highest BCUT2D eigenvalue weighted by Crippen LogP contribution is 2.60. The molecular formula is C37H48N6O3. The van der Waals surface area contributed by atoms with Crippen molar-refractivity contribution in [2.24, 2.45) is 23.2 Å². The zero-order chi connectivity index (χ0) is 31.7. The molecule has 0 N–H and O–H groups in total. The number of ether oxygens (including phenoxy) is 2. The molecule has 4 saturated carbocycles. The Labute approximate surface area is 273 Å². The molecule has 3 heterocycles. The predicted octanol–water partition coefficient (Wildman–Crippen LogP) is 5.95. The van der Waals surface area contributed by atoms with E-state index in [9.17, 15) is 4.79 Å². The van der Waals surface area contributed by atoms with Gasteiger partial charge in [-0.2, -0.15) is 0 Å². The normalized spacial score (nSPS) is 25.5. The number of hydrogen-bond acceptors (Lipinski definition) is 8. The third kappa shape index (κ3) is 6.70. The number of nitrogens with zero attached hydrogens (tertiary/aromatic N) is 6. The van der Waals surface area contributed by atoms with Crippen molar-refractivity contribution in [1.82, 2.24) is 25.0 Å². The van der Waals surface area contributed by atoms with Crippen molar-refractivity contribution >= 4 is 11.7 Å². The van der Waals surface area contributed by atoms with Crippen LogP contribution in [0, 0.1) is 23.2 Å². The Morgan fingerprint density at radius 1 is 0.848 bits per heavy atom. The fraction of sp³-hybridized carbons (Fsp3) is 0.568. The molecule has 0 spiro atoms. The Morgan fingerprint density at radius 3 is 2.17 bits per heavy atom. The van der Waals surface area contributed by atoms with Gasteiger partial charge in [0.05, 0.1) is 19.4 Å². The molecule has 46 heavy (non-hydrogen) atoms. The lowest BCUT2D eigenvalue weighted by Crippen LogP contribution is -2.51. The molecule has 0 unspecified atom stereocenters. The van der Waals surface area contributed by atoms with E-state index in [2.05, 4.69) is 43.2 Å². The molecule has 1 saturated heterocycles. The van der Waals surface area contributed by atoms with Crippen LogP contribution in [-0.4, -0.2) is 83.9 Å². The highest BCUT2D eigenvalue weighted by Gasteiger charge is 2.51. The van der Waals surface area contributed by atoms with Crippen LogP contribution in [0.1, 0.15) is 68.4 Å². The summed E-state index contributed by atoms with van der Waals surface area (Å²) in [7, 11) is 1.96. The fourth-order valence-corrected chi connectivity index (χ4v) is 9.25. The first-order chi connectivity index (χ1) is 22.4. The van der Waals surface area contributed by atoms with Crippen LogP contribution in [-0.2, 0) is 6.54 Å². The summed E-state index contributed by atoms with van der Waals surface area (Å²) in [6.07, 6.45) is 11.8. The van der Waals surface area contributed by atoms with Crippen LogP contribution >= 0.6 is 0 Å². The highest BCUT2D eigenvalue weighted by atomic mass is 16.5. The maximum absolute atomic E-state index is 13.4. The molecule has 0 radical (unpaired) electrons. The van der Waals surface area contributed by atoms with Gasteiger partial charge in [0.15, 0.2) is 11.5 Å². The number of rotatable bonds is 11. The molecule has 0 atom stereocenters. The number of aromatic nitrogens is 3. The molecule has 5 aliphatic rings. The van der Waals surface area contributed by atoms with Gasteiger partial charge in [-0.1, -0.05) is 0 Å². The molecule has 1 amide bonds. The van der Waals surface area contributed by atoms with Crippen LogP contribution in [0.2, 0.25) is 0 Å². The highest BCUT2D eigenvalue weighted by molar-refractivity contribution is 5.92. The second kappa shape index (κ2) is 13.2. The summed E-state index contributed by atoms with van der Waals surface area (Å²) < 4.78 is 11.6. The molecule has 4 bridgehead atoms. The largest absolute Gasteiger partial charge is 0.494 e. The smallest absolute Gasteiger partial charge is 0.274 e. The predicted molar refractivity (Wildman–Crippen MR) is 179 cm³/mol. The lowest BCUT2D eigenvalue weighted by molar-refractivity contribution is -0.0629.